The van der Waals surface area contributed by atoms with Crippen LogP contribution in [0.25, 0.3) is 10.9 Å². The van der Waals surface area contributed by atoms with Crippen molar-refractivity contribution in [2.45, 2.75) is 33.2 Å². The van der Waals surface area contributed by atoms with Crippen molar-refractivity contribution in [3.8, 4) is 0 Å². The molecular weight excluding hydrogens is 280 g/mol. The molecule has 1 amide bonds. The minimum Gasteiger partial charge on any atom is -0.481 e. The zero-order valence-electron chi connectivity index (χ0n) is 13.0. The number of nitrogens with one attached hydrogen (secondary N) is 1. The smallest absolute Gasteiger partial charge is 0.308 e. The molecule has 0 bridgehead atoms. The van der Waals surface area contributed by atoms with Crippen molar-refractivity contribution < 1.29 is 14.7 Å². The van der Waals surface area contributed by atoms with Crippen LogP contribution in [0.15, 0.2) is 30.5 Å². The summed E-state index contributed by atoms with van der Waals surface area (Å²) in [5, 5.41) is 12.8. The molecule has 0 aliphatic rings. The van der Waals surface area contributed by atoms with Gasteiger partial charge in [-0.25, -0.2) is 0 Å². The quantitative estimate of drug-likeness (QED) is 0.826. The molecule has 0 fully saturated rings. The number of amides is 1. The number of hydrogen-bond donors (Lipinski definition) is 2. The predicted octanol–water partition coefficient (Wildman–Crippen LogP) is 2.89. The zero-order chi connectivity index (χ0) is 16.1. The summed E-state index contributed by atoms with van der Waals surface area (Å²) in [6.07, 6.45) is 3.17. The molecule has 1 atom stereocenters. The van der Waals surface area contributed by atoms with E-state index in [0.29, 0.717) is 12.0 Å². The summed E-state index contributed by atoms with van der Waals surface area (Å²) in [6.45, 7) is 4.90. The lowest BCUT2D eigenvalue weighted by molar-refractivity contribution is -0.141. The van der Waals surface area contributed by atoms with Crippen molar-refractivity contribution in [3.63, 3.8) is 0 Å². The Hall–Kier alpha value is -2.30. The summed E-state index contributed by atoms with van der Waals surface area (Å²) in [5.74, 6) is -1.61. The number of aliphatic carboxylic acids is 1. The minimum absolute atomic E-state index is 0.160. The number of carboxylic acid groups (broad SMARTS) is 1. The number of carbonyl (C=O) groups is 2. The van der Waals surface area contributed by atoms with Crippen LogP contribution in [-0.4, -0.2) is 28.1 Å². The first-order valence-corrected chi connectivity index (χ1v) is 7.67. The largest absolute Gasteiger partial charge is 0.481 e. The van der Waals surface area contributed by atoms with Gasteiger partial charge in [0.25, 0.3) is 5.91 Å². The summed E-state index contributed by atoms with van der Waals surface area (Å²) in [7, 11) is 0. The van der Waals surface area contributed by atoms with Crippen LogP contribution in [0.3, 0.4) is 0 Å². The van der Waals surface area contributed by atoms with E-state index in [0.717, 1.165) is 23.9 Å². The topological polar surface area (TPSA) is 71.3 Å². The second-order valence-corrected chi connectivity index (χ2v) is 5.38. The number of nitrogens with zero attached hydrogens (tertiary/aromatic N) is 1. The van der Waals surface area contributed by atoms with Crippen molar-refractivity contribution in [2.75, 3.05) is 6.54 Å². The van der Waals surface area contributed by atoms with Gasteiger partial charge in [0, 0.05) is 30.2 Å². The minimum atomic E-state index is -0.863. The molecule has 5 heteroatoms. The Morgan fingerprint density at radius 2 is 2.00 bits per heavy atom. The van der Waals surface area contributed by atoms with Crippen LogP contribution in [0.5, 0.6) is 0 Å². The molecule has 5 nitrogen and oxygen atoms in total. The Balaban J connectivity index is 2.18. The van der Waals surface area contributed by atoms with Gasteiger partial charge in [0.15, 0.2) is 0 Å². The summed E-state index contributed by atoms with van der Waals surface area (Å²) < 4.78 is 2.02. The van der Waals surface area contributed by atoms with Crippen molar-refractivity contribution in [2.24, 2.45) is 5.92 Å². The van der Waals surface area contributed by atoms with E-state index in [-0.39, 0.29) is 12.5 Å². The average Bonchev–Trinajstić information content (AvgIpc) is 2.89. The Bertz CT molecular complexity index is 676. The summed E-state index contributed by atoms with van der Waals surface area (Å²) in [4.78, 5) is 23.5. The highest BCUT2D eigenvalue weighted by Crippen LogP contribution is 2.21. The van der Waals surface area contributed by atoms with Gasteiger partial charge >= 0.3 is 5.97 Å². The van der Waals surface area contributed by atoms with Crippen molar-refractivity contribution in [3.05, 3.63) is 36.0 Å². The van der Waals surface area contributed by atoms with E-state index in [1.807, 2.05) is 48.9 Å². The average molecular weight is 302 g/mol. The van der Waals surface area contributed by atoms with Gasteiger partial charge in [-0.1, -0.05) is 31.5 Å². The lowest BCUT2D eigenvalue weighted by atomic mass is 10.0. The fourth-order valence-corrected chi connectivity index (χ4v) is 2.66. The van der Waals surface area contributed by atoms with Gasteiger partial charge in [0.1, 0.15) is 0 Å². The molecule has 1 aromatic heterocycles. The molecule has 0 saturated heterocycles. The highest BCUT2D eigenvalue weighted by Gasteiger charge is 2.19. The van der Waals surface area contributed by atoms with E-state index < -0.39 is 11.9 Å². The van der Waals surface area contributed by atoms with Gasteiger partial charge in [0.2, 0.25) is 0 Å². The maximum atomic E-state index is 12.4. The number of carbonyl (C=O) groups excluding carboxylic acids is 1. The van der Waals surface area contributed by atoms with E-state index in [1.165, 1.54) is 0 Å². The Morgan fingerprint density at radius 1 is 1.27 bits per heavy atom. The standard InChI is InChI=1S/C17H22N2O3/c1-3-7-12(17(21)22)10-18-16(20)14-11-19(4-2)15-9-6-5-8-13(14)15/h5-6,8-9,11-12H,3-4,7,10H2,1-2H3,(H,18,20)(H,21,22). The lowest BCUT2D eigenvalue weighted by Gasteiger charge is -2.12. The van der Waals surface area contributed by atoms with Gasteiger partial charge < -0.3 is 15.0 Å². The molecule has 22 heavy (non-hydrogen) atoms. The monoisotopic (exact) mass is 302 g/mol. The molecule has 118 valence electrons. The number of aromatic nitrogens is 1. The molecule has 2 rings (SSSR count). The van der Waals surface area contributed by atoms with Crippen LogP contribution >= 0.6 is 0 Å². The maximum Gasteiger partial charge on any atom is 0.308 e. The molecule has 2 aromatic rings. The number of carboxylic acids is 1. The summed E-state index contributed by atoms with van der Waals surface area (Å²) in [5.41, 5.74) is 1.61. The first kappa shape index (κ1) is 16.1. The Labute approximate surface area is 129 Å². The molecule has 0 saturated carbocycles. The number of aryl methyl sites for hydroxylation is 1. The van der Waals surface area contributed by atoms with E-state index in [9.17, 15) is 9.59 Å². The van der Waals surface area contributed by atoms with E-state index in [1.54, 1.807) is 0 Å². The molecule has 0 aliphatic carbocycles. The third kappa shape index (κ3) is 3.30. The normalized spacial score (nSPS) is 12.3. The fraction of sp³-hybridized carbons (Fsp3) is 0.412. The Kier molecular flexibility index (Phi) is 5.20. The van der Waals surface area contributed by atoms with Crippen LogP contribution in [0.2, 0.25) is 0 Å². The second kappa shape index (κ2) is 7.11. The molecular formula is C17H22N2O3. The summed E-state index contributed by atoms with van der Waals surface area (Å²) >= 11 is 0. The van der Waals surface area contributed by atoms with E-state index >= 15 is 0 Å². The van der Waals surface area contributed by atoms with Gasteiger partial charge in [-0.05, 0) is 19.4 Å². The van der Waals surface area contributed by atoms with Gasteiger partial charge in [0.05, 0.1) is 11.5 Å². The van der Waals surface area contributed by atoms with Crippen LogP contribution in [-0.2, 0) is 11.3 Å². The first-order valence-electron chi connectivity index (χ1n) is 7.67. The number of hydrogen-bond acceptors (Lipinski definition) is 2. The van der Waals surface area contributed by atoms with E-state index in [4.69, 9.17) is 5.11 Å². The zero-order valence-corrected chi connectivity index (χ0v) is 13.0. The highest BCUT2D eigenvalue weighted by atomic mass is 16.4. The molecule has 0 aliphatic heterocycles. The second-order valence-electron chi connectivity index (χ2n) is 5.38. The highest BCUT2D eigenvalue weighted by molar-refractivity contribution is 6.07. The van der Waals surface area contributed by atoms with Crippen LogP contribution in [0.4, 0.5) is 0 Å². The molecule has 1 heterocycles. The molecule has 0 spiro atoms. The number of rotatable bonds is 7. The SMILES string of the molecule is CCCC(CNC(=O)c1cn(CC)c2ccccc12)C(=O)O. The van der Waals surface area contributed by atoms with Crippen molar-refractivity contribution >= 4 is 22.8 Å². The number of para-hydroxylation sites is 1. The first-order chi connectivity index (χ1) is 10.6. The molecule has 2 N–H and O–H groups in total. The molecule has 0 radical (unpaired) electrons. The number of fused-ring (bicyclic) bond motifs is 1. The third-order valence-corrected chi connectivity index (χ3v) is 3.87. The Morgan fingerprint density at radius 3 is 2.64 bits per heavy atom. The molecule has 1 unspecified atom stereocenters. The predicted molar refractivity (Wildman–Crippen MR) is 86.0 cm³/mol. The van der Waals surface area contributed by atoms with Gasteiger partial charge in [-0.2, -0.15) is 0 Å². The summed E-state index contributed by atoms with van der Waals surface area (Å²) in [6, 6.07) is 7.73. The van der Waals surface area contributed by atoms with Crippen LogP contribution in [0.1, 0.15) is 37.0 Å². The van der Waals surface area contributed by atoms with Crippen molar-refractivity contribution in [1.29, 1.82) is 0 Å². The van der Waals surface area contributed by atoms with Crippen molar-refractivity contribution in [1.82, 2.24) is 9.88 Å². The maximum absolute atomic E-state index is 12.4. The third-order valence-electron chi connectivity index (χ3n) is 3.87. The molecule has 1 aromatic carbocycles. The van der Waals surface area contributed by atoms with Gasteiger partial charge in [-0.15, -0.1) is 0 Å². The number of benzene rings is 1. The van der Waals surface area contributed by atoms with E-state index in [2.05, 4.69) is 5.32 Å². The van der Waals surface area contributed by atoms with Gasteiger partial charge in [-0.3, -0.25) is 9.59 Å². The van der Waals surface area contributed by atoms with Crippen LogP contribution in [0, 0.1) is 5.92 Å². The lowest BCUT2D eigenvalue weighted by Crippen LogP contribution is -2.32. The fourth-order valence-electron chi connectivity index (χ4n) is 2.66. The van der Waals surface area contributed by atoms with Crippen LogP contribution < -0.4 is 5.32 Å².